The fourth-order valence-electron chi connectivity index (χ4n) is 3.13. The van der Waals surface area contributed by atoms with Crippen LogP contribution in [0.4, 0.5) is 0 Å². The predicted octanol–water partition coefficient (Wildman–Crippen LogP) is 3.59. The Morgan fingerprint density at radius 3 is 2.68 bits per heavy atom. The third-order valence-corrected chi connectivity index (χ3v) is 4.60. The van der Waals surface area contributed by atoms with Crippen molar-refractivity contribution in [1.29, 1.82) is 0 Å². The van der Waals surface area contributed by atoms with Gasteiger partial charge in [0.25, 0.3) is 0 Å². The minimum absolute atomic E-state index is 0. The highest BCUT2D eigenvalue weighted by atomic mass is 35.5. The molecular formula is C18H31ClN2O. The van der Waals surface area contributed by atoms with Crippen molar-refractivity contribution in [3.63, 3.8) is 0 Å². The summed E-state index contributed by atoms with van der Waals surface area (Å²) in [4.78, 5) is 2.46. The number of likely N-dealkylation sites (tertiary alicyclic amines) is 1. The molecule has 22 heavy (non-hydrogen) atoms. The van der Waals surface area contributed by atoms with Crippen LogP contribution < -0.4 is 10.5 Å². The quantitative estimate of drug-likeness (QED) is 0.898. The van der Waals surface area contributed by atoms with E-state index in [1.807, 2.05) is 0 Å². The van der Waals surface area contributed by atoms with E-state index in [4.69, 9.17) is 10.5 Å². The van der Waals surface area contributed by atoms with Crippen LogP contribution in [-0.4, -0.2) is 37.2 Å². The minimum Gasteiger partial charge on any atom is -0.492 e. The fourth-order valence-corrected chi connectivity index (χ4v) is 3.13. The zero-order chi connectivity index (χ0) is 15.4. The van der Waals surface area contributed by atoms with Gasteiger partial charge in [0.15, 0.2) is 0 Å². The summed E-state index contributed by atoms with van der Waals surface area (Å²) in [5.41, 5.74) is 8.78. The average molecular weight is 327 g/mol. The summed E-state index contributed by atoms with van der Waals surface area (Å²) < 4.78 is 5.91. The Balaban J connectivity index is 0.00000242. The van der Waals surface area contributed by atoms with Crippen molar-refractivity contribution in [1.82, 2.24) is 4.90 Å². The molecule has 0 aromatic heterocycles. The van der Waals surface area contributed by atoms with Gasteiger partial charge in [-0.15, -0.1) is 12.4 Å². The van der Waals surface area contributed by atoms with Gasteiger partial charge in [0.05, 0.1) is 0 Å². The highest BCUT2D eigenvalue weighted by molar-refractivity contribution is 5.85. The Morgan fingerprint density at radius 2 is 2.09 bits per heavy atom. The number of hydrogen-bond acceptors (Lipinski definition) is 3. The number of benzene rings is 1. The first kappa shape index (κ1) is 19.3. The van der Waals surface area contributed by atoms with Crippen LogP contribution in [-0.2, 0) is 0 Å². The average Bonchev–Trinajstić information content (AvgIpc) is 2.42. The lowest BCUT2D eigenvalue weighted by Gasteiger charge is -2.34. The third-order valence-electron chi connectivity index (χ3n) is 4.60. The number of piperidine rings is 1. The van der Waals surface area contributed by atoms with E-state index in [0.717, 1.165) is 38.4 Å². The second-order valence-corrected chi connectivity index (χ2v) is 6.75. The number of halogens is 1. The summed E-state index contributed by atoms with van der Waals surface area (Å²) in [6.07, 6.45) is 1.10. The maximum atomic E-state index is 6.06. The van der Waals surface area contributed by atoms with Gasteiger partial charge in [0, 0.05) is 19.1 Å². The van der Waals surface area contributed by atoms with E-state index in [2.05, 4.69) is 50.8 Å². The molecule has 0 saturated carbocycles. The lowest BCUT2D eigenvalue weighted by atomic mass is 9.95. The zero-order valence-electron chi connectivity index (χ0n) is 14.3. The smallest absolute Gasteiger partial charge is 0.119 e. The fraction of sp³-hybridized carbons (Fsp3) is 0.667. The van der Waals surface area contributed by atoms with Gasteiger partial charge in [-0.25, -0.2) is 0 Å². The number of ether oxygens (including phenoxy) is 1. The van der Waals surface area contributed by atoms with Gasteiger partial charge in [-0.1, -0.05) is 26.8 Å². The normalized spacial score (nSPS) is 22.5. The number of nitrogens with zero attached hydrogens (tertiary/aromatic N) is 1. The molecule has 1 aliphatic rings. The van der Waals surface area contributed by atoms with Gasteiger partial charge in [0.2, 0.25) is 0 Å². The molecule has 2 unspecified atom stereocenters. The molecular weight excluding hydrogens is 296 g/mol. The van der Waals surface area contributed by atoms with Gasteiger partial charge in [0.1, 0.15) is 12.4 Å². The molecule has 0 radical (unpaired) electrons. The van der Waals surface area contributed by atoms with Crippen molar-refractivity contribution >= 4 is 12.4 Å². The first-order valence-corrected chi connectivity index (χ1v) is 8.18. The molecule has 0 bridgehead atoms. The number of aryl methyl sites for hydroxylation is 1. The molecule has 3 nitrogen and oxygen atoms in total. The molecule has 0 spiro atoms. The van der Waals surface area contributed by atoms with Crippen LogP contribution in [0.15, 0.2) is 18.2 Å². The van der Waals surface area contributed by atoms with Gasteiger partial charge >= 0.3 is 0 Å². The van der Waals surface area contributed by atoms with E-state index >= 15 is 0 Å². The number of nitrogens with two attached hydrogens (primary N) is 1. The summed E-state index contributed by atoms with van der Waals surface area (Å²) in [6, 6.07) is 6.81. The number of rotatable bonds is 5. The first-order chi connectivity index (χ1) is 9.97. The highest BCUT2D eigenvalue weighted by Crippen LogP contribution is 2.23. The molecule has 0 amide bonds. The molecule has 2 rings (SSSR count). The summed E-state index contributed by atoms with van der Waals surface area (Å²) in [5.74, 6) is 2.14. The second kappa shape index (κ2) is 8.76. The van der Waals surface area contributed by atoms with Gasteiger partial charge in [-0.05, 0) is 55.0 Å². The van der Waals surface area contributed by atoms with E-state index < -0.39 is 0 Å². The lowest BCUT2D eigenvalue weighted by Crippen LogP contribution is -2.46. The molecule has 1 aromatic carbocycles. The molecule has 1 aromatic rings. The van der Waals surface area contributed by atoms with Crippen LogP contribution in [0.2, 0.25) is 0 Å². The van der Waals surface area contributed by atoms with Crippen LogP contribution in [0.25, 0.3) is 0 Å². The number of hydrogen-bond donors (Lipinski definition) is 1. The largest absolute Gasteiger partial charge is 0.492 e. The standard InChI is InChI=1S/C18H30N2O.ClH/c1-13(2)17-6-5-16(11-14(17)3)21-10-9-20-8-7-18(19)15(4)12-20;/h5-6,11,13,15,18H,7-10,12,19H2,1-4H3;1H. The minimum atomic E-state index is 0. The molecule has 1 aliphatic heterocycles. The Labute approximate surface area is 141 Å². The second-order valence-electron chi connectivity index (χ2n) is 6.75. The van der Waals surface area contributed by atoms with Crippen molar-refractivity contribution < 1.29 is 4.74 Å². The Kier molecular flexibility index (Phi) is 7.67. The molecule has 1 fully saturated rings. The monoisotopic (exact) mass is 326 g/mol. The predicted molar refractivity (Wildman–Crippen MR) is 96.2 cm³/mol. The van der Waals surface area contributed by atoms with E-state index in [9.17, 15) is 0 Å². The Morgan fingerprint density at radius 1 is 1.36 bits per heavy atom. The van der Waals surface area contributed by atoms with Crippen LogP contribution in [0.5, 0.6) is 5.75 Å². The summed E-state index contributed by atoms with van der Waals surface area (Å²) in [7, 11) is 0. The SMILES string of the molecule is Cc1cc(OCCN2CCC(N)C(C)C2)ccc1C(C)C.Cl. The van der Waals surface area contributed by atoms with E-state index in [1.165, 1.54) is 11.1 Å². The lowest BCUT2D eigenvalue weighted by molar-refractivity contribution is 0.140. The molecule has 1 saturated heterocycles. The van der Waals surface area contributed by atoms with Crippen LogP contribution in [0, 0.1) is 12.8 Å². The summed E-state index contributed by atoms with van der Waals surface area (Å²) >= 11 is 0. The van der Waals surface area contributed by atoms with Crippen molar-refractivity contribution in [2.45, 2.75) is 46.1 Å². The molecule has 2 N–H and O–H groups in total. The zero-order valence-corrected chi connectivity index (χ0v) is 15.2. The van der Waals surface area contributed by atoms with Crippen molar-refractivity contribution in [3.05, 3.63) is 29.3 Å². The van der Waals surface area contributed by atoms with Crippen molar-refractivity contribution in [3.8, 4) is 5.75 Å². The molecule has 4 heteroatoms. The summed E-state index contributed by atoms with van der Waals surface area (Å²) in [6.45, 7) is 12.8. The van der Waals surface area contributed by atoms with Gasteiger partial charge < -0.3 is 10.5 Å². The van der Waals surface area contributed by atoms with E-state index in [1.54, 1.807) is 0 Å². The Hall–Kier alpha value is -0.770. The molecule has 2 atom stereocenters. The van der Waals surface area contributed by atoms with Crippen LogP contribution in [0.3, 0.4) is 0 Å². The first-order valence-electron chi connectivity index (χ1n) is 8.18. The molecule has 126 valence electrons. The maximum Gasteiger partial charge on any atom is 0.119 e. The molecule has 0 aliphatic carbocycles. The van der Waals surface area contributed by atoms with Crippen molar-refractivity contribution in [2.24, 2.45) is 11.7 Å². The van der Waals surface area contributed by atoms with Gasteiger partial charge in [-0.2, -0.15) is 0 Å². The van der Waals surface area contributed by atoms with Crippen LogP contribution in [0.1, 0.15) is 44.2 Å². The Bertz CT molecular complexity index is 464. The van der Waals surface area contributed by atoms with Crippen LogP contribution >= 0.6 is 12.4 Å². The van der Waals surface area contributed by atoms with Gasteiger partial charge in [-0.3, -0.25) is 4.90 Å². The highest BCUT2D eigenvalue weighted by Gasteiger charge is 2.22. The third kappa shape index (κ3) is 5.15. The van der Waals surface area contributed by atoms with E-state index in [-0.39, 0.29) is 12.4 Å². The van der Waals surface area contributed by atoms with Crippen molar-refractivity contribution in [2.75, 3.05) is 26.2 Å². The molecule has 1 heterocycles. The maximum absolute atomic E-state index is 6.06. The summed E-state index contributed by atoms with van der Waals surface area (Å²) in [5, 5.41) is 0. The topological polar surface area (TPSA) is 38.5 Å². The van der Waals surface area contributed by atoms with E-state index in [0.29, 0.717) is 17.9 Å².